The molecule has 1 heterocycles. The Morgan fingerprint density at radius 1 is 1.00 bits per heavy atom. The standard InChI is InChI=1S/C19H19NO/c1-15(13-16-7-3-2-4-8-16)19(21)20-12-11-17-9-5-6-10-18(17)14-20/h2-10,13H,11-12,14H2,1H3/b15-13+. The van der Waals surface area contributed by atoms with Gasteiger partial charge in [-0.2, -0.15) is 0 Å². The van der Waals surface area contributed by atoms with Crippen LogP contribution >= 0.6 is 0 Å². The van der Waals surface area contributed by atoms with Gasteiger partial charge in [0.05, 0.1) is 0 Å². The van der Waals surface area contributed by atoms with Crippen LogP contribution in [0.25, 0.3) is 6.08 Å². The Morgan fingerprint density at radius 3 is 2.43 bits per heavy atom. The first kappa shape index (κ1) is 13.6. The van der Waals surface area contributed by atoms with E-state index in [1.807, 2.05) is 54.3 Å². The molecular weight excluding hydrogens is 258 g/mol. The van der Waals surface area contributed by atoms with E-state index in [4.69, 9.17) is 0 Å². The number of hydrogen-bond acceptors (Lipinski definition) is 1. The summed E-state index contributed by atoms with van der Waals surface area (Å²) in [6.45, 7) is 3.42. The molecule has 0 aliphatic carbocycles. The van der Waals surface area contributed by atoms with E-state index in [9.17, 15) is 4.79 Å². The van der Waals surface area contributed by atoms with Crippen molar-refractivity contribution in [2.24, 2.45) is 0 Å². The average molecular weight is 277 g/mol. The molecule has 0 spiro atoms. The van der Waals surface area contributed by atoms with Crippen LogP contribution in [0.5, 0.6) is 0 Å². The summed E-state index contributed by atoms with van der Waals surface area (Å²) in [4.78, 5) is 14.5. The zero-order chi connectivity index (χ0) is 14.7. The maximum Gasteiger partial charge on any atom is 0.249 e. The van der Waals surface area contributed by atoms with Crippen LogP contribution in [0.1, 0.15) is 23.6 Å². The van der Waals surface area contributed by atoms with Gasteiger partial charge < -0.3 is 4.90 Å². The first-order chi connectivity index (χ1) is 10.2. The molecule has 2 aromatic carbocycles. The molecule has 3 rings (SSSR count). The van der Waals surface area contributed by atoms with Gasteiger partial charge in [-0.1, -0.05) is 54.6 Å². The summed E-state index contributed by atoms with van der Waals surface area (Å²) in [5, 5.41) is 0. The SMILES string of the molecule is C/C(=C\c1ccccc1)C(=O)N1CCc2ccccc2C1. The fourth-order valence-corrected chi connectivity index (χ4v) is 2.78. The molecule has 1 amide bonds. The molecule has 21 heavy (non-hydrogen) atoms. The van der Waals surface area contributed by atoms with Crippen LogP contribution in [0.15, 0.2) is 60.2 Å². The maximum absolute atomic E-state index is 12.6. The number of fused-ring (bicyclic) bond motifs is 1. The van der Waals surface area contributed by atoms with Crippen molar-refractivity contribution in [1.29, 1.82) is 0 Å². The second-order valence-electron chi connectivity index (χ2n) is 5.48. The summed E-state index contributed by atoms with van der Waals surface area (Å²) in [6, 6.07) is 18.4. The number of carbonyl (C=O) groups excluding carboxylic acids is 1. The van der Waals surface area contributed by atoms with E-state index in [0.717, 1.165) is 30.6 Å². The van der Waals surface area contributed by atoms with Crippen LogP contribution in [0.2, 0.25) is 0 Å². The van der Waals surface area contributed by atoms with Crippen molar-refractivity contribution >= 4 is 12.0 Å². The summed E-state index contributed by atoms with van der Waals surface area (Å²) >= 11 is 0. The highest BCUT2D eigenvalue weighted by Crippen LogP contribution is 2.20. The van der Waals surface area contributed by atoms with E-state index >= 15 is 0 Å². The zero-order valence-electron chi connectivity index (χ0n) is 12.3. The summed E-state index contributed by atoms with van der Waals surface area (Å²) in [6.07, 6.45) is 2.91. The normalized spacial score (nSPS) is 14.7. The Kier molecular flexibility index (Phi) is 3.87. The minimum atomic E-state index is 0.133. The molecule has 0 bridgehead atoms. The molecule has 0 atom stereocenters. The highest BCUT2D eigenvalue weighted by molar-refractivity contribution is 5.97. The lowest BCUT2D eigenvalue weighted by molar-refractivity contribution is -0.127. The molecule has 2 heteroatoms. The summed E-state index contributed by atoms with van der Waals surface area (Å²) in [5.74, 6) is 0.133. The largest absolute Gasteiger partial charge is 0.334 e. The van der Waals surface area contributed by atoms with E-state index < -0.39 is 0 Å². The molecule has 1 aliphatic rings. The highest BCUT2D eigenvalue weighted by atomic mass is 16.2. The minimum absolute atomic E-state index is 0.133. The third kappa shape index (κ3) is 3.05. The van der Waals surface area contributed by atoms with Crippen molar-refractivity contribution in [1.82, 2.24) is 4.90 Å². The summed E-state index contributed by atoms with van der Waals surface area (Å²) in [5.41, 5.74) is 4.50. The van der Waals surface area contributed by atoms with Crippen LogP contribution in [-0.4, -0.2) is 17.4 Å². The van der Waals surface area contributed by atoms with Crippen molar-refractivity contribution in [2.45, 2.75) is 19.9 Å². The van der Waals surface area contributed by atoms with Gasteiger partial charge in [-0.15, -0.1) is 0 Å². The molecule has 0 aromatic heterocycles. The fourth-order valence-electron chi connectivity index (χ4n) is 2.78. The molecule has 0 N–H and O–H groups in total. The summed E-state index contributed by atoms with van der Waals surface area (Å²) in [7, 11) is 0. The van der Waals surface area contributed by atoms with Gasteiger partial charge in [0, 0.05) is 18.7 Å². The third-order valence-corrected chi connectivity index (χ3v) is 3.94. The predicted octanol–water partition coefficient (Wildman–Crippen LogP) is 3.67. The quantitative estimate of drug-likeness (QED) is 0.767. The number of nitrogens with zero attached hydrogens (tertiary/aromatic N) is 1. The lowest BCUT2D eigenvalue weighted by atomic mass is 9.99. The number of amides is 1. The monoisotopic (exact) mass is 277 g/mol. The molecule has 2 nitrogen and oxygen atoms in total. The fraction of sp³-hybridized carbons (Fsp3) is 0.211. The third-order valence-electron chi connectivity index (χ3n) is 3.94. The van der Waals surface area contributed by atoms with Crippen LogP contribution < -0.4 is 0 Å². The van der Waals surface area contributed by atoms with Crippen molar-refractivity contribution in [2.75, 3.05) is 6.54 Å². The highest BCUT2D eigenvalue weighted by Gasteiger charge is 2.21. The van der Waals surface area contributed by atoms with Gasteiger partial charge in [-0.25, -0.2) is 0 Å². The number of benzene rings is 2. The van der Waals surface area contributed by atoms with Crippen LogP contribution in [0.4, 0.5) is 0 Å². The Morgan fingerprint density at radius 2 is 1.67 bits per heavy atom. The van der Waals surface area contributed by atoms with Gasteiger partial charge in [0.25, 0.3) is 0 Å². The second-order valence-corrected chi connectivity index (χ2v) is 5.48. The maximum atomic E-state index is 12.6. The van der Waals surface area contributed by atoms with Gasteiger partial charge in [0.2, 0.25) is 5.91 Å². The van der Waals surface area contributed by atoms with E-state index in [-0.39, 0.29) is 5.91 Å². The Hall–Kier alpha value is -2.35. The zero-order valence-corrected chi connectivity index (χ0v) is 12.3. The van der Waals surface area contributed by atoms with Gasteiger partial charge in [-0.05, 0) is 36.1 Å². The smallest absolute Gasteiger partial charge is 0.249 e. The lowest BCUT2D eigenvalue weighted by Gasteiger charge is -2.29. The van der Waals surface area contributed by atoms with E-state index in [2.05, 4.69) is 18.2 Å². The van der Waals surface area contributed by atoms with Crippen molar-refractivity contribution < 1.29 is 4.79 Å². The van der Waals surface area contributed by atoms with Crippen LogP contribution in [-0.2, 0) is 17.8 Å². The van der Waals surface area contributed by atoms with Gasteiger partial charge in [-0.3, -0.25) is 4.79 Å². The minimum Gasteiger partial charge on any atom is -0.334 e. The van der Waals surface area contributed by atoms with E-state index in [0.29, 0.717) is 0 Å². The number of carbonyl (C=O) groups is 1. The van der Waals surface area contributed by atoms with E-state index in [1.54, 1.807) is 0 Å². The molecule has 2 aromatic rings. The Balaban J connectivity index is 1.76. The molecular formula is C19H19NO. The average Bonchev–Trinajstić information content (AvgIpc) is 2.54. The van der Waals surface area contributed by atoms with Crippen LogP contribution in [0, 0.1) is 0 Å². The predicted molar refractivity (Wildman–Crippen MR) is 85.7 cm³/mol. The molecule has 0 radical (unpaired) electrons. The molecule has 0 saturated heterocycles. The first-order valence-corrected chi connectivity index (χ1v) is 7.33. The van der Waals surface area contributed by atoms with Crippen LogP contribution in [0.3, 0.4) is 0 Å². The van der Waals surface area contributed by atoms with Gasteiger partial charge in [0.1, 0.15) is 0 Å². The second kappa shape index (κ2) is 5.96. The topological polar surface area (TPSA) is 20.3 Å². The lowest BCUT2D eigenvalue weighted by Crippen LogP contribution is -2.36. The number of hydrogen-bond donors (Lipinski definition) is 0. The molecule has 106 valence electrons. The van der Waals surface area contributed by atoms with Crippen molar-refractivity contribution in [3.63, 3.8) is 0 Å². The molecule has 0 unspecified atom stereocenters. The number of rotatable bonds is 2. The molecule has 1 aliphatic heterocycles. The molecule has 0 saturated carbocycles. The van der Waals surface area contributed by atoms with Crippen molar-refractivity contribution in [3.8, 4) is 0 Å². The van der Waals surface area contributed by atoms with Gasteiger partial charge >= 0.3 is 0 Å². The first-order valence-electron chi connectivity index (χ1n) is 7.33. The van der Waals surface area contributed by atoms with E-state index in [1.165, 1.54) is 11.1 Å². The summed E-state index contributed by atoms with van der Waals surface area (Å²) < 4.78 is 0. The molecule has 0 fully saturated rings. The van der Waals surface area contributed by atoms with Crippen molar-refractivity contribution in [3.05, 3.63) is 76.9 Å². The Bertz CT molecular complexity index is 673. The Labute approximate surface area is 125 Å². The van der Waals surface area contributed by atoms with Gasteiger partial charge in [0.15, 0.2) is 0 Å².